The molecule has 0 atom stereocenters. The van der Waals surface area contributed by atoms with Gasteiger partial charge < -0.3 is 4.74 Å². The number of halogens is 1. The van der Waals surface area contributed by atoms with E-state index in [4.69, 9.17) is 4.74 Å². The van der Waals surface area contributed by atoms with Gasteiger partial charge in [-0.15, -0.1) is 5.10 Å². The predicted molar refractivity (Wildman–Crippen MR) is 79.4 cm³/mol. The quantitative estimate of drug-likeness (QED) is 0.851. The van der Waals surface area contributed by atoms with Gasteiger partial charge in [0.25, 0.3) is 0 Å². The van der Waals surface area contributed by atoms with Crippen molar-refractivity contribution < 1.29 is 9.13 Å². The van der Waals surface area contributed by atoms with E-state index >= 15 is 0 Å². The van der Waals surface area contributed by atoms with Crippen molar-refractivity contribution in [3.63, 3.8) is 0 Å². The van der Waals surface area contributed by atoms with E-state index in [9.17, 15) is 4.39 Å². The lowest BCUT2D eigenvalue weighted by Gasteiger charge is -2.31. The number of piperidine rings is 1. The highest BCUT2D eigenvalue weighted by Gasteiger charge is 2.20. The summed E-state index contributed by atoms with van der Waals surface area (Å²) in [4.78, 5) is 2.38. The topological polar surface area (TPSA) is 38.2 Å². The van der Waals surface area contributed by atoms with Crippen LogP contribution in [0.3, 0.4) is 0 Å². The molecule has 0 amide bonds. The number of rotatable bonds is 5. The third kappa shape index (κ3) is 4.30. The second kappa shape index (κ2) is 7.06. The maximum Gasteiger partial charge on any atom is 0.123 e. The number of benzene rings is 1. The maximum atomic E-state index is 12.8. The molecule has 4 nitrogen and oxygen atoms in total. The van der Waals surface area contributed by atoms with Crippen molar-refractivity contribution >= 4 is 11.5 Å². The molecule has 0 radical (unpaired) electrons. The third-order valence-electron chi connectivity index (χ3n) is 3.72. The Balaban J connectivity index is 1.40. The molecule has 2 aromatic rings. The van der Waals surface area contributed by atoms with Gasteiger partial charge in [-0.2, -0.15) is 0 Å². The fourth-order valence-electron chi connectivity index (χ4n) is 2.51. The van der Waals surface area contributed by atoms with Gasteiger partial charge in [-0.25, -0.2) is 4.39 Å². The van der Waals surface area contributed by atoms with Crippen molar-refractivity contribution in [1.29, 1.82) is 0 Å². The molecule has 0 N–H and O–H groups in total. The molecule has 0 saturated carbocycles. The molecule has 1 aliphatic heterocycles. The van der Waals surface area contributed by atoms with Crippen LogP contribution in [0, 0.1) is 5.82 Å². The highest BCUT2D eigenvalue weighted by molar-refractivity contribution is 7.03. The monoisotopic (exact) mass is 307 g/mol. The molecule has 1 aliphatic rings. The van der Waals surface area contributed by atoms with E-state index in [2.05, 4.69) is 14.5 Å². The smallest absolute Gasteiger partial charge is 0.123 e. The summed E-state index contributed by atoms with van der Waals surface area (Å²) < 4.78 is 22.6. The van der Waals surface area contributed by atoms with E-state index in [1.165, 1.54) is 23.7 Å². The number of likely N-dealkylation sites (tertiary alicyclic amines) is 1. The molecule has 0 bridgehead atoms. The van der Waals surface area contributed by atoms with Gasteiger partial charge in [0.05, 0.1) is 18.4 Å². The van der Waals surface area contributed by atoms with E-state index < -0.39 is 0 Å². The van der Waals surface area contributed by atoms with Crippen molar-refractivity contribution in [3.8, 4) is 0 Å². The Hall–Kier alpha value is -1.37. The van der Waals surface area contributed by atoms with Crippen LogP contribution in [-0.2, 0) is 17.9 Å². The molecule has 1 fully saturated rings. The first kappa shape index (κ1) is 14.6. The highest BCUT2D eigenvalue weighted by Crippen LogP contribution is 2.17. The largest absolute Gasteiger partial charge is 0.373 e. The Kier molecular flexibility index (Phi) is 4.90. The van der Waals surface area contributed by atoms with Crippen LogP contribution in [-0.4, -0.2) is 33.7 Å². The first-order valence-corrected chi connectivity index (χ1v) is 7.97. The summed E-state index contributed by atoms with van der Waals surface area (Å²) >= 11 is 1.40. The predicted octanol–water partition coefficient (Wildman–Crippen LogP) is 2.86. The Labute approximate surface area is 127 Å². The number of nitrogens with zero attached hydrogens (tertiary/aromatic N) is 3. The summed E-state index contributed by atoms with van der Waals surface area (Å²) in [5.41, 5.74) is 2.07. The van der Waals surface area contributed by atoms with Crippen LogP contribution in [0.1, 0.15) is 24.1 Å². The van der Waals surface area contributed by atoms with Crippen molar-refractivity contribution in [2.45, 2.75) is 32.1 Å². The number of aromatic nitrogens is 2. The lowest BCUT2D eigenvalue weighted by atomic mass is 10.1. The minimum atomic E-state index is -0.205. The fraction of sp³-hybridized carbons (Fsp3) is 0.467. The maximum absolute atomic E-state index is 12.8. The lowest BCUT2D eigenvalue weighted by molar-refractivity contribution is -0.00416. The van der Waals surface area contributed by atoms with Crippen LogP contribution in [0.25, 0.3) is 0 Å². The normalized spacial score (nSPS) is 17.2. The summed E-state index contributed by atoms with van der Waals surface area (Å²) in [6.45, 7) is 3.47. The molecule has 3 rings (SSSR count). The third-order valence-corrected chi connectivity index (χ3v) is 4.28. The zero-order valence-electron chi connectivity index (χ0n) is 11.7. The Morgan fingerprint density at radius 2 is 2.00 bits per heavy atom. The Morgan fingerprint density at radius 3 is 2.67 bits per heavy atom. The summed E-state index contributed by atoms with van der Waals surface area (Å²) in [7, 11) is 0. The van der Waals surface area contributed by atoms with Gasteiger partial charge in [-0.3, -0.25) is 4.90 Å². The molecule has 21 heavy (non-hydrogen) atoms. The van der Waals surface area contributed by atoms with E-state index in [1.807, 2.05) is 5.38 Å². The molecule has 1 aromatic carbocycles. The number of hydrogen-bond donors (Lipinski definition) is 0. The van der Waals surface area contributed by atoms with Crippen LogP contribution in [0.5, 0.6) is 0 Å². The fourth-order valence-corrected chi connectivity index (χ4v) is 2.95. The van der Waals surface area contributed by atoms with Crippen LogP contribution in [0.2, 0.25) is 0 Å². The van der Waals surface area contributed by atoms with Gasteiger partial charge >= 0.3 is 0 Å². The van der Waals surface area contributed by atoms with Crippen molar-refractivity contribution in [3.05, 3.63) is 46.7 Å². The average molecular weight is 307 g/mol. The van der Waals surface area contributed by atoms with Gasteiger partial charge in [0.15, 0.2) is 0 Å². The van der Waals surface area contributed by atoms with Crippen LogP contribution < -0.4 is 0 Å². The average Bonchev–Trinajstić information content (AvgIpc) is 3.01. The molecule has 1 aromatic heterocycles. The summed E-state index contributed by atoms with van der Waals surface area (Å²) in [5.74, 6) is -0.205. The van der Waals surface area contributed by atoms with Crippen LogP contribution >= 0.6 is 11.5 Å². The van der Waals surface area contributed by atoms with E-state index in [-0.39, 0.29) is 5.82 Å². The number of hydrogen-bond acceptors (Lipinski definition) is 5. The molecule has 0 unspecified atom stereocenters. The second-order valence-electron chi connectivity index (χ2n) is 5.31. The summed E-state index contributed by atoms with van der Waals surface area (Å²) in [6.07, 6.45) is 2.34. The molecular formula is C15H18FN3OS. The molecule has 2 heterocycles. The van der Waals surface area contributed by atoms with Crippen molar-refractivity contribution in [2.24, 2.45) is 0 Å². The number of ether oxygens (including phenoxy) is 1. The molecular weight excluding hydrogens is 289 g/mol. The lowest BCUT2D eigenvalue weighted by Crippen LogP contribution is -2.36. The van der Waals surface area contributed by atoms with Crippen LogP contribution in [0.15, 0.2) is 29.6 Å². The Bertz CT molecular complexity index is 539. The first-order chi connectivity index (χ1) is 10.3. The van der Waals surface area contributed by atoms with Gasteiger partial charge in [0.2, 0.25) is 0 Å². The van der Waals surface area contributed by atoms with Gasteiger partial charge in [-0.05, 0) is 42.1 Å². The zero-order chi connectivity index (χ0) is 14.5. The molecule has 6 heteroatoms. The van der Waals surface area contributed by atoms with Gasteiger partial charge in [0.1, 0.15) is 5.82 Å². The van der Waals surface area contributed by atoms with Gasteiger partial charge in [0, 0.05) is 25.0 Å². The minimum absolute atomic E-state index is 0.205. The summed E-state index contributed by atoms with van der Waals surface area (Å²) in [6, 6.07) is 6.51. The van der Waals surface area contributed by atoms with E-state index in [0.717, 1.165) is 43.7 Å². The van der Waals surface area contributed by atoms with Crippen molar-refractivity contribution in [2.75, 3.05) is 13.1 Å². The standard InChI is InChI=1S/C15H18FN3OS/c16-13-3-1-12(2-4-13)10-20-15-5-7-19(8-6-15)9-14-11-21-18-17-14/h1-4,11,15H,5-10H2. The van der Waals surface area contributed by atoms with Gasteiger partial charge in [-0.1, -0.05) is 16.6 Å². The van der Waals surface area contributed by atoms with E-state index in [0.29, 0.717) is 12.7 Å². The Morgan fingerprint density at radius 1 is 1.24 bits per heavy atom. The van der Waals surface area contributed by atoms with E-state index in [1.54, 1.807) is 12.1 Å². The highest BCUT2D eigenvalue weighted by atomic mass is 32.1. The van der Waals surface area contributed by atoms with Crippen LogP contribution in [0.4, 0.5) is 4.39 Å². The molecule has 1 saturated heterocycles. The minimum Gasteiger partial charge on any atom is -0.373 e. The first-order valence-electron chi connectivity index (χ1n) is 7.14. The second-order valence-corrected chi connectivity index (χ2v) is 5.92. The SMILES string of the molecule is Fc1ccc(COC2CCN(Cc3csnn3)CC2)cc1. The molecule has 112 valence electrons. The van der Waals surface area contributed by atoms with Crippen molar-refractivity contribution in [1.82, 2.24) is 14.5 Å². The molecule has 0 spiro atoms. The molecule has 0 aliphatic carbocycles. The summed E-state index contributed by atoms with van der Waals surface area (Å²) in [5, 5.41) is 6.07. The zero-order valence-corrected chi connectivity index (χ0v) is 12.6.